The quantitative estimate of drug-likeness (QED) is 0.0488. The Hall–Kier alpha value is -4.96. The zero-order chi connectivity index (χ0) is 36.0. The van der Waals surface area contributed by atoms with Crippen molar-refractivity contribution in [3.63, 3.8) is 0 Å². The maximum atomic E-state index is 11.4. The highest BCUT2D eigenvalue weighted by molar-refractivity contribution is 7.98. The van der Waals surface area contributed by atoms with Crippen LogP contribution in [0.25, 0.3) is 26.5 Å². The highest BCUT2D eigenvalue weighted by atomic mass is 35.5. The van der Waals surface area contributed by atoms with E-state index in [1.165, 1.54) is 23.1 Å². The first-order chi connectivity index (χ1) is 23.3. The Bertz CT molecular complexity index is 1860. The van der Waals surface area contributed by atoms with Crippen molar-refractivity contribution in [3.8, 4) is 33.5 Å². The van der Waals surface area contributed by atoms with Gasteiger partial charge >= 0.3 is 5.97 Å². The highest BCUT2D eigenvalue weighted by Crippen LogP contribution is 2.42. The third-order valence-corrected chi connectivity index (χ3v) is 8.46. The molecule has 0 bridgehead atoms. The van der Waals surface area contributed by atoms with Gasteiger partial charge < -0.3 is 34.7 Å². The second-order valence-electron chi connectivity index (χ2n) is 11.0. The number of nitrogen functional groups attached to an aromatic ring is 1. The lowest BCUT2D eigenvalue weighted by atomic mass is 10.00. The fraction of sp³-hybridized carbons (Fsp3) is 0.235. The van der Waals surface area contributed by atoms with Crippen LogP contribution in [0.2, 0.25) is 5.02 Å². The predicted molar refractivity (Wildman–Crippen MR) is 188 cm³/mol. The molecule has 0 aliphatic rings. The molecule has 254 valence electrons. The van der Waals surface area contributed by atoms with E-state index in [0.717, 1.165) is 33.4 Å². The molecule has 2 aromatic heterocycles. The summed E-state index contributed by atoms with van der Waals surface area (Å²) in [5, 5.41) is 32.6. The molecule has 0 unspecified atom stereocenters. The number of ether oxygens (including phenoxy) is 2. The van der Waals surface area contributed by atoms with E-state index in [-0.39, 0.29) is 36.9 Å². The van der Waals surface area contributed by atoms with Crippen molar-refractivity contribution < 1.29 is 33.8 Å². The van der Waals surface area contributed by atoms with E-state index in [9.17, 15) is 20.0 Å². The zero-order valence-corrected chi connectivity index (χ0v) is 29.3. The van der Waals surface area contributed by atoms with Crippen LogP contribution >= 0.6 is 34.7 Å². The van der Waals surface area contributed by atoms with Crippen molar-refractivity contribution in [3.05, 3.63) is 93.8 Å². The van der Waals surface area contributed by atoms with Crippen molar-refractivity contribution in [1.29, 1.82) is 5.26 Å². The van der Waals surface area contributed by atoms with Crippen LogP contribution in [0.15, 0.2) is 71.1 Å². The molecule has 0 spiro atoms. The van der Waals surface area contributed by atoms with Crippen molar-refractivity contribution >= 4 is 58.1 Å². The van der Waals surface area contributed by atoms with Crippen molar-refractivity contribution in [1.82, 2.24) is 9.97 Å². The van der Waals surface area contributed by atoms with Crippen molar-refractivity contribution in [2.24, 2.45) is 0 Å². The third-order valence-electron chi connectivity index (χ3n) is 6.25. The van der Waals surface area contributed by atoms with E-state index < -0.39 is 11.9 Å². The predicted octanol–water partition coefficient (Wildman–Crippen LogP) is 4.74. The van der Waals surface area contributed by atoms with E-state index in [1.54, 1.807) is 36.4 Å². The van der Waals surface area contributed by atoms with E-state index in [2.05, 4.69) is 42.0 Å². The molecule has 12 nitrogen and oxygen atoms in total. The number of thioether (sulfide) groups is 1. The van der Waals surface area contributed by atoms with E-state index in [4.69, 9.17) is 38.5 Å². The second kappa shape index (κ2) is 18.5. The Labute approximate surface area is 297 Å². The topological polar surface area (TPSA) is 176 Å². The Balaban J connectivity index is 0.000000838. The van der Waals surface area contributed by atoms with Gasteiger partial charge in [0.05, 0.1) is 51.5 Å². The number of aliphatic hydroxyl groups is 1. The standard InChI is InChI=1S/C29H20ClN5O5S2.C5H14NO/c1-33-26-25(17-4-8-21(9-5-17)39-12-13-40-24(38)11-10-23(36)37)22(14-31)29(35-27(26)32)42-16-20-15-41-28(34-20)18-2-6-19(30)7-3-18;1-6(2,3)4-5-7/h2-11,15H,12-13,16H2,(H2,32,35)(H,36,37);7H,4-5H2,1-3H3/q;+1/p-1/b11-10-;. The smallest absolute Gasteiger partial charge is 0.330 e. The van der Waals surface area contributed by atoms with Gasteiger partial charge in [-0.15, -0.1) is 11.3 Å². The van der Waals surface area contributed by atoms with Gasteiger partial charge in [-0.1, -0.05) is 47.6 Å². The number of hydrogen-bond donors (Lipinski definition) is 2. The van der Waals surface area contributed by atoms with Gasteiger partial charge in [-0.3, -0.25) is 0 Å². The summed E-state index contributed by atoms with van der Waals surface area (Å²) < 4.78 is 11.2. The summed E-state index contributed by atoms with van der Waals surface area (Å²) in [6.07, 6.45) is 1.32. The summed E-state index contributed by atoms with van der Waals surface area (Å²) >= 11 is 8.78. The number of benzene rings is 2. The van der Waals surface area contributed by atoms with Gasteiger partial charge in [0, 0.05) is 33.4 Å². The van der Waals surface area contributed by atoms with Crippen molar-refractivity contribution in [2.75, 3.05) is 53.2 Å². The van der Waals surface area contributed by atoms with Crippen LogP contribution in [0.1, 0.15) is 11.3 Å². The van der Waals surface area contributed by atoms with Crippen LogP contribution in [-0.2, 0) is 20.1 Å². The second-order valence-corrected chi connectivity index (χ2v) is 13.3. The molecule has 0 aliphatic carbocycles. The lowest BCUT2D eigenvalue weighted by Gasteiger charge is -2.21. The SMILES string of the molecule is C[N+](C)(C)CCO.[C-]#[N+]c1c(N)nc(SCc2csc(-c3ccc(Cl)cc3)n2)c(C#N)c1-c1ccc(OCCOC(=O)/C=C\C(=O)[O-])cc1. The van der Waals surface area contributed by atoms with Crippen LogP contribution in [0, 0.1) is 17.9 Å². The number of rotatable bonds is 13. The monoisotopic (exact) mass is 720 g/mol. The lowest BCUT2D eigenvalue weighted by Crippen LogP contribution is -2.36. The summed E-state index contributed by atoms with van der Waals surface area (Å²) in [7, 11) is 6.16. The number of nitrogens with two attached hydrogens (primary N) is 1. The molecule has 0 atom stereocenters. The average Bonchev–Trinajstić information content (AvgIpc) is 3.54. The highest BCUT2D eigenvalue weighted by Gasteiger charge is 2.21. The molecule has 3 N–H and O–H groups in total. The molecule has 15 heteroatoms. The van der Waals surface area contributed by atoms with Crippen LogP contribution < -0.4 is 15.6 Å². The van der Waals surface area contributed by atoms with Gasteiger partial charge in [-0.2, -0.15) is 5.26 Å². The molecule has 0 radical (unpaired) electrons. The normalized spacial score (nSPS) is 10.8. The van der Waals surface area contributed by atoms with E-state index in [0.29, 0.717) is 38.8 Å². The Morgan fingerprint density at radius 3 is 2.37 bits per heavy atom. The van der Waals surface area contributed by atoms with E-state index >= 15 is 0 Å². The number of nitriles is 1. The number of carbonyl (C=O) groups is 2. The van der Waals surface area contributed by atoms with Crippen LogP contribution in [0.4, 0.5) is 11.5 Å². The fourth-order valence-corrected chi connectivity index (χ4v) is 5.86. The molecule has 0 aliphatic heterocycles. The van der Waals surface area contributed by atoms with Gasteiger partial charge in [-0.25, -0.2) is 19.6 Å². The first kappa shape index (κ1) is 38.5. The molecule has 49 heavy (non-hydrogen) atoms. The fourth-order valence-electron chi connectivity index (χ4n) is 3.92. The number of carbonyl (C=O) groups excluding carboxylic acids is 2. The summed E-state index contributed by atoms with van der Waals surface area (Å²) in [6, 6.07) is 16.2. The molecule has 4 rings (SSSR count). The number of nitrogens with zero attached hydrogens (tertiary/aromatic N) is 5. The molecule has 2 heterocycles. The van der Waals surface area contributed by atoms with Crippen LogP contribution in [0.5, 0.6) is 5.75 Å². The molecule has 0 saturated heterocycles. The number of carboxylic acid groups (broad SMARTS) is 1. The summed E-state index contributed by atoms with van der Waals surface area (Å²) in [5.74, 6) is -1.46. The van der Waals surface area contributed by atoms with E-state index in [1.807, 2.05) is 17.5 Å². The first-order valence-corrected chi connectivity index (χ1v) is 16.7. The molecule has 4 aromatic rings. The summed E-state index contributed by atoms with van der Waals surface area (Å²) in [6.45, 7) is 8.68. The summed E-state index contributed by atoms with van der Waals surface area (Å²) in [5.41, 5.74) is 9.12. The molecule has 2 aromatic carbocycles. The number of likely N-dealkylation sites (N-methyl/N-ethyl adjacent to an activating group) is 1. The molecule has 0 fully saturated rings. The zero-order valence-electron chi connectivity index (χ0n) is 26.9. The van der Waals surface area contributed by atoms with Crippen LogP contribution in [0.3, 0.4) is 0 Å². The number of hydrogen-bond acceptors (Lipinski definition) is 12. The Morgan fingerprint density at radius 2 is 1.80 bits per heavy atom. The van der Waals surface area contributed by atoms with Gasteiger partial charge in [0.25, 0.3) is 0 Å². The van der Waals surface area contributed by atoms with Crippen molar-refractivity contribution in [2.45, 2.75) is 10.8 Å². The summed E-state index contributed by atoms with van der Waals surface area (Å²) in [4.78, 5) is 34.3. The number of esters is 1. The molecule has 0 amide bonds. The first-order valence-electron chi connectivity index (χ1n) is 14.5. The number of aromatic nitrogens is 2. The molecule has 0 saturated carbocycles. The maximum Gasteiger partial charge on any atom is 0.330 e. The average molecular weight is 721 g/mol. The number of thiazole rings is 1. The largest absolute Gasteiger partial charge is 0.545 e. The van der Waals surface area contributed by atoms with Gasteiger partial charge in [0.1, 0.15) is 47.4 Å². The number of halogens is 1. The molecular weight excluding hydrogens is 688 g/mol. The molecular formula is C34H33ClN6O6S2. The van der Waals surface area contributed by atoms with Gasteiger partial charge in [0.2, 0.25) is 5.69 Å². The number of aliphatic carboxylic acids is 1. The number of carboxylic acids is 1. The minimum absolute atomic E-state index is 0.0107. The van der Waals surface area contributed by atoms with Gasteiger partial charge in [-0.05, 0) is 35.9 Å². The number of anilines is 1. The number of aliphatic hydroxyl groups excluding tert-OH is 1. The number of quaternary nitrogens is 1. The van der Waals surface area contributed by atoms with Crippen LogP contribution in [-0.4, -0.2) is 79.0 Å². The lowest BCUT2D eigenvalue weighted by molar-refractivity contribution is -0.870. The minimum Gasteiger partial charge on any atom is -0.545 e. The minimum atomic E-state index is -1.51. The maximum absolute atomic E-state index is 11.4. The Kier molecular flexibility index (Phi) is 14.6. The third kappa shape index (κ3) is 12.2. The van der Waals surface area contributed by atoms with Gasteiger partial charge in [0.15, 0.2) is 0 Å². The number of pyridine rings is 1. The Morgan fingerprint density at radius 1 is 1.12 bits per heavy atom.